The van der Waals surface area contributed by atoms with E-state index in [1.807, 2.05) is 18.2 Å². The molecule has 0 spiro atoms. The van der Waals surface area contributed by atoms with Gasteiger partial charge in [0.15, 0.2) is 11.8 Å². The van der Waals surface area contributed by atoms with Gasteiger partial charge in [0.25, 0.3) is 5.89 Å². The number of halogens is 1. The zero-order chi connectivity index (χ0) is 22.9. The Hall–Kier alpha value is -2.53. The van der Waals surface area contributed by atoms with Gasteiger partial charge < -0.3 is 14.7 Å². The number of nitrogens with zero attached hydrogens (tertiary/aromatic N) is 6. The Morgan fingerprint density at radius 3 is 2.50 bits per heavy atom. The van der Waals surface area contributed by atoms with Crippen LogP contribution in [-0.4, -0.2) is 70.2 Å². The number of aliphatic imine (C=N–C) groups is 1. The Morgan fingerprint density at radius 2 is 1.82 bits per heavy atom. The maximum Gasteiger partial charge on any atom is 0.276 e. The van der Waals surface area contributed by atoms with Crippen LogP contribution in [0.1, 0.15) is 37.7 Å². The molecule has 182 valence electrons. The van der Waals surface area contributed by atoms with Gasteiger partial charge in [-0.05, 0) is 31.0 Å². The number of hydrogen-bond donors (Lipinski definition) is 1. The van der Waals surface area contributed by atoms with Crippen molar-refractivity contribution in [3.05, 3.63) is 66.1 Å². The van der Waals surface area contributed by atoms with E-state index in [-0.39, 0.29) is 24.0 Å². The predicted octanol–water partition coefficient (Wildman–Crippen LogP) is 4.03. The van der Waals surface area contributed by atoms with Crippen LogP contribution in [0.4, 0.5) is 0 Å². The van der Waals surface area contributed by atoms with E-state index >= 15 is 0 Å². The third kappa shape index (κ3) is 6.75. The highest BCUT2D eigenvalue weighted by Crippen LogP contribution is 2.25. The lowest BCUT2D eigenvalue weighted by Gasteiger charge is -2.40. The topological polar surface area (TPSA) is 82.7 Å². The van der Waals surface area contributed by atoms with E-state index in [9.17, 15) is 0 Å². The van der Waals surface area contributed by atoms with Crippen LogP contribution in [0.5, 0.6) is 0 Å². The average Bonchev–Trinajstić information content (AvgIpc) is 3.35. The molecule has 34 heavy (non-hydrogen) atoms. The summed E-state index contributed by atoms with van der Waals surface area (Å²) in [5.74, 6) is 2.05. The molecule has 0 amide bonds. The van der Waals surface area contributed by atoms with Gasteiger partial charge in [0, 0.05) is 57.9 Å². The van der Waals surface area contributed by atoms with Gasteiger partial charge in [-0.25, -0.2) is 0 Å². The van der Waals surface area contributed by atoms with E-state index in [0.29, 0.717) is 36.4 Å². The molecule has 8 nitrogen and oxygen atoms in total. The molecule has 9 heteroatoms. The van der Waals surface area contributed by atoms with Crippen molar-refractivity contribution >= 4 is 29.9 Å². The fourth-order valence-electron chi connectivity index (χ4n) is 4.26. The largest absolute Gasteiger partial charge is 0.357 e. The smallest absolute Gasteiger partial charge is 0.276 e. The molecule has 0 aliphatic carbocycles. The van der Waals surface area contributed by atoms with Crippen molar-refractivity contribution in [2.24, 2.45) is 4.99 Å². The summed E-state index contributed by atoms with van der Waals surface area (Å²) in [6.45, 7) is 9.78. The molecule has 1 atom stereocenters. The Balaban J connectivity index is 0.00000324. The summed E-state index contributed by atoms with van der Waals surface area (Å²) in [6.07, 6.45) is 3.45. The van der Waals surface area contributed by atoms with Crippen molar-refractivity contribution in [2.75, 3.05) is 39.3 Å². The van der Waals surface area contributed by atoms with Crippen LogP contribution in [0.25, 0.3) is 11.6 Å². The summed E-state index contributed by atoms with van der Waals surface area (Å²) in [4.78, 5) is 18.5. The number of piperazine rings is 1. The van der Waals surface area contributed by atoms with E-state index in [2.05, 4.69) is 74.4 Å². The molecule has 3 aromatic rings. The molecule has 1 fully saturated rings. The summed E-state index contributed by atoms with van der Waals surface area (Å²) < 4.78 is 5.35. The summed E-state index contributed by atoms with van der Waals surface area (Å²) in [7, 11) is 0. The highest BCUT2D eigenvalue weighted by Gasteiger charge is 2.25. The molecule has 2 aromatic heterocycles. The molecule has 4 rings (SSSR count). The van der Waals surface area contributed by atoms with Crippen LogP contribution >= 0.6 is 24.0 Å². The van der Waals surface area contributed by atoms with Crippen molar-refractivity contribution in [3.8, 4) is 11.6 Å². The van der Waals surface area contributed by atoms with E-state index in [1.165, 1.54) is 5.56 Å². The lowest BCUT2D eigenvalue weighted by molar-refractivity contribution is 0.127. The van der Waals surface area contributed by atoms with E-state index in [4.69, 9.17) is 9.52 Å². The highest BCUT2D eigenvalue weighted by atomic mass is 127. The van der Waals surface area contributed by atoms with Gasteiger partial charge >= 0.3 is 0 Å². The summed E-state index contributed by atoms with van der Waals surface area (Å²) in [6, 6.07) is 16.9. The minimum Gasteiger partial charge on any atom is -0.357 e. The minimum atomic E-state index is 0. The number of guanidine groups is 1. The minimum absolute atomic E-state index is 0. The summed E-state index contributed by atoms with van der Waals surface area (Å²) in [5, 5.41) is 7.52. The number of aromatic nitrogens is 3. The highest BCUT2D eigenvalue weighted by molar-refractivity contribution is 14.0. The quantitative estimate of drug-likeness (QED) is 0.247. The number of pyridine rings is 1. The van der Waals surface area contributed by atoms with E-state index in [1.54, 1.807) is 6.20 Å². The van der Waals surface area contributed by atoms with Crippen molar-refractivity contribution in [2.45, 2.75) is 32.7 Å². The zero-order valence-electron chi connectivity index (χ0n) is 19.9. The summed E-state index contributed by atoms with van der Waals surface area (Å²) >= 11 is 0. The zero-order valence-corrected chi connectivity index (χ0v) is 22.3. The summed E-state index contributed by atoms with van der Waals surface area (Å²) in [5.41, 5.74) is 2.09. The SMILES string of the molecule is CCNC(=NCCc1noc(-c2ccccn2)n1)N1CCN(C(CC)c2ccccc2)CC1.I. The standard InChI is InChI=1S/C25H33N7O.HI/c1-3-22(20-10-6-5-7-11-20)31-16-18-32(19-17-31)25(26-4-2)28-15-13-23-29-24(33-30-23)21-12-8-9-14-27-21;/h5-12,14,22H,3-4,13,15-19H2,1-2H3,(H,26,28);1H. The van der Waals surface area contributed by atoms with Gasteiger partial charge in [-0.3, -0.25) is 14.9 Å². The predicted molar refractivity (Wildman–Crippen MR) is 145 cm³/mol. The fourth-order valence-corrected chi connectivity index (χ4v) is 4.26. The molecule has 0 saturated carbocycles. The third-order valence-corrected chi connectivity index (χ3v) is 5.91. The Morgan fingerprint density at radius 1 is 1.06 bits per heavy atom. The van der Waals surface area contributed by atoms with Crippen molar-refractivity contribution in [1.29, 1.82) is 0 Å². The van der Waals surface area contributed by atoms with Gasteiger partial charge in [-0.2, -0.15) is 4.98 Å². The number of nitrogens with one attached hydrogen (secondary N) is 1. The van der Waals surface area contributed by atoms with Crippen LogP contribution in [0.15, 0.2) is 64.2 Å². The molecule has 0 bridgehead atoms. The van der Waals surface area contributed by atoms with Gasteiger partial charge in [0.05, 0.1) is 0 Å². The molecule has 1 N–H and O–H groups in total. The third-order valence-electron chi connectivity index (χ3n) is 5.91. The first-order valence-electron chi connectivity index (χ1n) is 11.8. The Labute approximate surface area is 218 Å². The lowest BCUT2D eigenvalue weighted by Crippen LogP contribution is -2.53. The second kappa shape index (κ2) is 13.4. The Kier molecular flexibility index (Phi) is 10.3. The first-order valence-corrected chi connectivity index (χ1v) is 11.8. The second-order valence-corrected chi connectivity index (χ2v) is 8.07. The van der Waals surface area contributed by atoms with Crippen molar-refractivity contribution in [3.63, 3.8) is 0 Å². The number of benzene rings is 1. The normalized spacial score (nSPS) is 15.6. The first kappa shape index (κ1) is 26.1. The first-order chi connectivity index (χ1) is 16.3. The fraction of sp³-hybridized carbons (Fsp3) is 0.440. The molecule has 1 aromatic carbocycles. The van der Waals surface area contributed by atoms with Crippen molar-refractivity contribution in [1.82, 2.24) is 30.2 Å². The molecule has 1 aliphatic rings. The van der Waals surface area contributed by atoms with Gasteiger partial charge in [-0.1, -0.05) is 48.5 Å². The molecule has 0 radical (unpaired) electrons. The average molecular weight is 575 g/mol. The maximum absolute atomic E-state index is 5.35. The monoisotopic (exact) mass is 575 g/mol. The van der Waals surface area contributed by atoms with Crippen LogP contribution in [0.3, 0.4) is 0 Å². The van der Waals surface area contributed by atoms with Gasteiger partial charge in [0.1, 0.15) is 5.69 Å². The molecule has 1 aliphatic heterocycles. The number of rotatable bonds is 8. The van der Waals surface area contributed by atoms with E-state index in [0.717, 1.165) is 45.1 Å². The second-order valence-electron chi connectivity index (χ2n) is 8.07. The molecule has 1 saturated heterocycles. The van der Waals surface area contributed by atoms with Crippen LogP contribution in [0, 0.1) is 0 Å². The maximum atomic E-state index is 5.35. The van der Waals surface area contributed by atoms with Crippen LogP contribution in [0.2, 0.25) is 0 Å². The molecular formula is C25H34IN7O. The molecular weight excluding hydrogens is 541 g/mol. The lowest BCUT2D eigenvalue weighted by atomic mass is 10.0. The van der Waals surface area contributed by atoms with Gasteiger partial charge in [-0.15, -0.1) is 24.0 Å². The number of hydrogen-bond acceptors (Lipinski definition) is 6. The van der Waals surface area contributed by atoms with Crippen molar-refractivity contribution < 1.29 is 4.52 Å². The van der Waals surface area contributed by atoms with E-state index < -0.39 is 0 Å². The van der Waals surface area contributed by atoms with Crippen LogP contribution in [-0.2, 0) is 6.42 Å². The molecule has 1 unspecified atom stereocenters. The Bertz CT molecular complexity index is 1000. The van der Waals surface area contributed by atoms with Gasteiger partial charge in [0.2, 0.25) is 0 Å². The molecule has 3 heterocycles. The van der Waals surface area contributed by atoms with Crippen LogP contribution < -0.4 is 5.32 Å².